The van der Waals surface area contributed by atoms with Crippen molar-refractivity contribution < 1.29 is 9.53 Å². The second kappa shape index (κ2) is 7.21. The Morgan fingerprint density at radius 2 is 2.12 bits per heavy atom. The predicted octanol–water partition coefficient (Wildman–Crippen LogP) is 2.86. The Morgan fingerprint density at radius 1 is 1.31 bits per heavy atom. The van der Waals surface area contributed by atoms with E-state index in [0.29, 0.717) is 42.1 Å². The fraction of sp³-hybridized carbons (Fsp3) is 0.421. The summed E-state index contributed by atoms with van der Waals surface area (Å²) >= 11 is 5.98. The van der Waals surface area contributed by atoms with Gasteiger partial charge in [-0.2, -0.15) is 0 Å². The third kappa shape index (κ3) is 3.66. The van der Waals surface area contributed by atoms with Crippen molar-refractivity contribution in [2.75, 3.05) is 31.6 Å². The van der Waals surface area contributed by atoms with E-state index in [0.717, 1.165) is 19.4 Å². The normalized spacial score (nSPS) is 21.3. The van der Waals surface area contributed by atoms with E-state index >= 15 is 0 Å². The van der Waals surface area contributed by atoms with Crippen LogP contribution in [0.25, 0.3) is 0 Å². The van der Waals surface area contributed by atoms with Crippen LogP contribution < -0.4 is 5.32 Å². The number of amides is 1. The SMILES string of the molecule is O=C(c1cccc(Cl)c1)N1CC2(CC[C@H](CNc3ncccn3)CO2)C1. The Bertz CT molecular complexity index is 770. The molecule has 136 valence electrons. The van der Waals surface area contributed by atoms with Crippen molar-refractivity contribution in [3.63, 3.8) is 0 Å². The fourth-order valence-electron chi connectivity index (χ4n) is 3.55. The van der Waals surface area contributed by atoms with Gasteiger partial charge in [-0.1, -0.05) is 17.7 Å². The van der Waals surface area contributed by atoms with Crippen molar-refractivity contribution in [3.05, 3.63) is 53.3 Å². The summed E-state index contributed by atoms with van der Waals surface area (Å²) in [5.74, 6) is 1.10. The highest BCUT2D eigenvalue weighted by molar-refractivity contribution is 6.30. The number of ether oxygens (including phenoxy) is 1. The molecule has 2 aromatic rings. The number of hydrogen-bond donors (Lipinski definition) is 1. The van der Waals surface area contributed by atoms with Crippen molar-refractivity contribution in [1.82, 2.24) is 14.9 Å². The second-order valence-electron chi connectivity index (χ2n) is 7.02. The number of aromatic nitrogens is 2. The maximum atomic E-state index is 12.5. The van der Waals surface area contributed by atoms with E-state index in [1.54, 1.807) is 42.7 Å². The molecule has 2 aliphatic rings. The minimum Gasteiger partial charge on any atom is -0.371 e. The summed E-state index contributed by atoms with van der Waals surface area (Å²) in [5, 5.41) is 3.83. The van der Waals surface area contributed by atoms with Crippen LogP contribution in [0.5, 0.6) is 0 Å². The van der Waals surface area contributed by atoms with Gasteiger partial charge in [-0.25, -0.2) is 9.97 Å². The van der Waals surface area contributed by atoms with Crippen LogP contribution >= 0.6 is 11.6 Å². The quantitative estimate of drug-likeness (QED) is 0.893. The highest BCUT2D eigenvalue weighted by Gasteiger charge is 2.48. The van der Waals surface area contributed by atoms with E-state index in [-0.39, 0.29) is 11.5 Å². The first-order valence-corrected chi connectivity index (χ1v) is 9.21. The first kappa shape index (κ1) is 17.2. The summed E-state index contributed by atoms with van der Waals surface area (Å²) in [6.45, 7) is 2.80. The molecule has 2 saturated heterocycles. The molecule has 1 aromatic heterocycles. The predicted molar refractivity (Wildman–Crippen MR) is 99.3 cm³/mol. The molecule has 0 bridgehead atoms. The third-order valence-corrected chi connectivity index (χ3v) is 5.30. The lowest BCUT2D eigenvalue weighted by Gasteiger charge is -2.52. The van der Waals surface area contributed by atoms with E-state index in [2.05, 4.69) is 15.3 Å². The number of halogens is 1. The van der Waals surface area contributed by atoms with E-state index < -0.39 is 0 Å². The Kier molecular flexibility index (Phi) is 4.78. The summed E-state index contributed by atoms with van der Waals surface area (Å²) in [5.41, 5.74) is 0.460. The monoisotopic (exact) mass is 372 g/mol. The molecule has 3 heterocycles. The Labute approximate surface area is 157 Å². The summed E-state index contributed by atoms with van der Waals surface area (Å²) < 4.78 is 6.14. The molecule has 0 unspecified atom stereocenters. The molecule has 26 heavy (non-hydrogen) atoms. The number of carbonyl (C=O) groups excluding carboxylic acids is 1. The molecule has 1 N–H and O–H groups in total. The van der Waals surface area contributed by atoms with E-state index in [1.807, 2.05) is 4.90 Å². The van der Waals surface area contributed by atoms with E-state index in [4.69, 9.17) is 16.3 Å². The maximum Gasteiger partial charge on any atom is 0.254 e. The molecule has 1 aromatic carbocycles. The van der Waals surface area contributed by atoms with Gasteiger partial charge in [0.1, 0.15) is 5.60 Å². The average Bonchev–Trinajstić information content (AvgIpc) is 2.65. The van der Waals surface area contributed by atoms with Crippen LogP contribution in [0.15, 0.2) is 42.7 Å². The number of likely N-dealkylation sites (tertiary alicyclic amines) is 1. The van der Waals surface area contributed by atoms with Gasteiger partial charge in [-0.15, -0.1) is 0 Å². The van der Waals surface area contributed by atoms with Crippen LogP contribution in [-0.4, -0.2) is 52.6 Å². The molecule has 1 atom stereocenters. The average molecular weight is 373 g/mol. The molecule has 6 nitrogen and oxygen atoms in total. The number of benzene rings is 1. The van der Waals surface area contributed by atoms with Crippen molar-refractivity contribution in [3.8, 4) is 0 Å². The molecule has 7 heteroatoms. The lowest BCUT2D eigenvalue weighted by atomic mass is 9.82. The van der Waals surface area contributed by atoms with Gasteiger partial charge < -0.3 is 15.0 Å². The number of nitrogens with zero attached hydrogens (tertiary/aromatic N) is 3. The van der Waals surface area contributed by atoms with Crippen LogP contribution in [0.2, 0.25) is 5.02 Å². The fourth-order valence-corrected chi connectivity index (χ4v) is 3.74. The molecular formula is C19H21ClN4O2. The molecule has 0 aliphatic carbocycles. The summed E-state index contributed by atoms with van der Waals surface area (Å²) in [4.78, 5) is 22.7. The molecular weight excluding hydrogens is 352 g/mol. The van der Waals surface area contributed by atoms with Crippen LogP contribution in [0.1, 0.15) is 23.2 Å². The second-order valence-corrected chi connectivity index (χ2v) is 7.46. The molecule has 2 aliphatic heterocycles. The summed E-state index contributed by atoms with van der Waals surface area (Å²) in [6, 6.07) is 8.88. The number of carbonyl (C=O) groups is 1. The van der Waals surface area contributed by atoms with E-state index in [1.165, 1.54) is 0 Å². The molecule has 4 rings (SSSR count). The van der Waals surface area contributed by atoms with Gasteiger partial charge in [0.25, 0.3) is 5.91 Å². The van der Waals surface area contributed by atoms with Gasteiger partial charge in [0.15, 0.2) is 0 Å². The zero-order valence-electron chi connectivity index (χ0n) is 14.4. The van der Waals surface area contributed by atoms with Gasteiger partial charge in [0, 0.05) is 29.5 Å². The first-order chi connectivity index (χ1) is 12.6. The van der Waals surface area contributed by atoms with Crippen molar-refractivity contribution >= 4 is 23.5 Å². The lowest BCUT2D eigenvalue weighted by molar-refractivity contribution is -0.165. The molecule has 1 spiro atoms. The number of anilines is 1. The van der Waals surface area contributed by atoms with Crippen LogP contribution in [-0.2, 0) is 4.74 Å². The maximum absolute atomic E-state index is 12.5. The smallest absolute Gasteiger partial charge is 0.254 e. The van der Waals surface area contributed by atoms with Gasteiger partial charge in [-0.05, 0) is 43.0 Å². The molecule has 2 fully saturated rings. The Morgan fingerprint density at radius 3 is 2.81 bits per heavy atom. The van der Waals surface area contributed by atoms with E-state index in [9.17, 15) is 4.79 Å². The third-order valence-electron chi connectivity index (χ3n) is 5.06. The largest absolute Gasteiger partial charge is 0.371 e. The summed E-state index contributed by atoms with van der Waals surface area (Å²) in [7, 11) is 0. The molecule has 1 amide bonds. The van der Waals surface area contributed by atoms with Crippen molar-refractivity contribution in [1.29, 1.82) is 0 Å². The van der Waals surface area contributed by atoms with Gasteiger partial charge in [-0.3, -0.25) is 4.79 Å². The zero-order valence-corrected chi connectivity index (χ0v) is 15.2. The number of hydrogen-bond acceptors (Lipinski definition) is 5. The van der Waals surface area contributed by atoms with Crippen molar-refractivity contribution in [2.24, 2.45) is 5.92 Å². The van der Waals surface area contributed by atoms with Gasteiger partial charge in [0.05, 0.1) is 19.7 Å². The lowest BCUT2D eigenvalue weighted by Crippen LogP contribution is -2.66. The van der Waals surface area contributed by atoms with Crippen molar-refractivity contribution in [2.45, 2.75) is 18.4 Å². The number of nitrogens with one attached hydrogen (secondary N) is 1. The topological polar surface area (TPSA) is 67.4 Å². The van der Waals surface area contributed by atoms with Gasteiger partial charge >= 0.3 is 0 Å². The van der Waals surface area contributed by atoms with Crippen LogP contribution in [0.4, 0.5) is 5.95 Å². The molecule has 0 saturated carbocycles. The minimum atomic E-state index is -0.173. The highest BCUT2D eigenvalue weighted by Crippen LogP contribution is 2.36. The number of rotatable bonds is 4. The zero-order chi connectivity index (χ0) is 18.0. The molecule has 0 radical (unpaired) electrons. The summed E-state index contributed by atoms with van der Waals surface area (Å²) in [6.07, 6.45) is 5.48. The standard InChI is InChI=1S/C19H21ClN4O2/c20-16-4-1-3-15(9-16)17(25)24-12-19(13-24)6-5-14(11-26-19)10-23-18-21-7-2-8-22-18/h1-4,7-9,14H,5-6,10-13H2,(H,21,22,23)/t14-/m1/s1. The van der Waals surface area contributed by atoms with Crippen LogP contribution in [0, 0.1) is 5.92 Å². The Balaban J connectivity index is 1.25. The Hall–Kier alpha value is -2.18. The van der Waals surface area contributed by atoms with Gasteiger partial charge in [0.2, 0.25) is 5.95 Å². The highest BCUT2D eigenvalue weighted by atomic mass is 35.5. The first-order valence-electron chi connectivity index (χ1n) is 8.83. The minimum absolute atomic E-state index is 0.0201. The van der Waals surface area contributed by atoms with Crippen LogP contribution in [0.3, 0.4) is 0 Å².